The number of anilines is 3. The van der Waals surface area contributed by atoms with Gasteiger partial charge in [0.25, 0.3) is 5.56 Å². The van der Waals surface area contributed by atoms with Gasteiger partial charge in [0.1, 0.15) is 11.3 Å². The molecule has 3 aromatic rings. The zero-order chi connectivity index (χ0) is 26.6. The smallest absolute Gasteiger partial charge is 0.270 e. The number of fused-ring (bicyclic) bond motifs is 1. The summed E-state index contributed by atoms with van der Waals surface area (Å²) in [5.41, 5.74) is 2.59. The molecule has 200 valence electrons. The van der Waals surface area contributed by atoms with Gasteiger partial charge in [-0.15, -0.1) is 0 Å². The highest BCUT2D eigenvalue weighted by Crippen LogP contribution is 2.32. The topological polar surface area (TPSA) is 109 Å². The normalized spacial score (nSPS) is 18.4. The third kappa shape index (κ3) is 5.47. The highest BCUT2D eigenvalue weighted by atomic mass is 16.5. The number of benzene rings is 1. The van der Waals surface area contributed by atoms with Crippen molar-refractivity contribution < 1.29 is 9.53 Å². The molecule has 2 fully saturated rings. The molecule has 0 unspecified atom stereocenters. The third-order valence-electron chi connectivity index (χ3n) is 7.33. The SMILES string of the molecule is C=CC(=O)N1CCC[C@H](Cn2c(=O)cnc3cnc(Nc4ccc(N5CCN(C)CC5)cc4OC)nc32)C1. The molecule has 1 atom stereocenters. The van der Waals surface area contributed by atoms with Crippen molar-refractivity contribution in [3.8, 4) is 5.75 Å². The van der Waals surface area contributed by atoms with Crippen LogP contribution in [0.5, 0.6) is 5.75 Å². The molecule has 11 heteroatoms. The van der Waals surface area contributed by atoms with Crippen LogP contribution in [0.2, 0.25) is 0 Å². The Kier molecular flexibility index (Phi) is 7.54. The minimum Gasteiger partial charge on any atom is -0.494 e. The second kappa shape index (κ2) is 11.2. The van der Waals surface area contributed by atoms with E-state index in [0.29, 0.717) is 42.5 Å². The summed E-state index contributed by atoms with van der Waals surface area (Å²) in [5.74, 6) is 1.08. The molecule has 0 bridgehead atoms. The van der Waals surface area contributed by atoms with Crippen molar-refractivity contribution in [3.63, 3.8) is 0 Å². The average Bonchev–Trinajstić information content (AvgIpc) is 2.95. The van der Waals surface area contributed by atoms with Crippen LogP contribution in [-0.2, 0) is 11.3 Å². The van der Waals surface area contributed by atoms with E-state index < -0.39 is 0 Å². The van der Waals surface area contributed by atoms with E-state index in [-0.39, 0.29) is 17.4 Å². The summed E-state index contributed by atoms with van der Waals surface area (Å²) in [6.07, 6.45) is 6.06. The van der Waals surface area contributed by atoms with Crippen LogP contribution in [-0.4, -0.2) is 88.7 Å². The first-order chi connectivity index (χ1) is 18.4. The van der Waals surface area contributed by atoms with Crippen LogP contribution < -0.4 is 20.5 Å². The van der Waals surface area contributed by atoms with Gasteiger partial charge < -0.3 is 24.8 Å². The van der Waals surface area contributed by atoms with Crippen LogP contribution in [0.15, 0.2) is 48.0 Å². The number of rotatable bonds is 7. The number of likely N-dealkylation sites (N-methyl/N-ethyl adjacent to an activating group) is 1. The molecule has 4 heterocycles. The first-order valence-electron chi connectivity index (χ1n) is 13.0. The monoisotopic (exact) mass is 518 g/mol. The predicted molar refractivity (Wildman–Crippen MR) is 147 cm³/mol. The van der Waals surface area contributed by atoms with Crippen molar-refractivity contribution in [1.82, 2.24) is 29.3 Å². The Bertz CT molecular complexity index is 1380. The van der Waals surface area contributed by atoms with Gasteiger partial charge in [0.15, 0.2) is 5.65 Å². The van der Waals surface area contributed by atoms with E-state index in [1.807, 2.05) is 12.1 Å². The van der Waals surface area contributed by atoms with Gasteiger partial charge in [-0.3, -0.25) is 14.2 Å². The van der Waals surface area contributed by atoms with Gasteiger partial charge in [-0.2, -0.15) is 4.98 Å². The predicted octanol–water partition coefficient (Wildman–Crippen LogP) is 2.12. The lowest BCUT2D eigenvalue weighted by molar-refractivity contribution is -0.127. The van der Waals surface area contributed by atoms with E-state index >= 15 is 0 Å². The van der Waals surface area contributed by atoms with Gasteiger partial charge in [0, 0.05) is 57.6 Å². The number of piperidine rings is 1. The number of carbonyl (C=O) groups excluding carboxylic acids is 1. The highest BCUT2D eigenvalue weighted by molar-refractivity contribution is 5.87. The molecule has 11 nitrogen and oxygen atoms in total. The molecule has 0 spiro atoms. The summed E-state index contributed by atoms with van der Waals surface area (Å²) in [4.78, 5) is 44.8. The molecule has 1 N–H and O–H groups in total. The molecule has 2 aliphatic heterocycles. The first kappa shape index (κ1) is 25.7. The molecule has 0 saturated carbocycles. The zero-order valence-electron chi connectivity index (χ0n) is 22.0. The highest BCUT2D eigenvalue weighted by Gasteiger charge is 2.24. The van der Waals surface area contributed by atoms with E-state index in [9.17, 15) is 9.59 Å². The van der Waals surface area contributed by atoms with Gasteiger partial charge in [0.2, 0.25) is 11.9 Å². The second-order valence-electron chi connectivity index (χ2n) is 9.91. The lowest BCUT2D eigenvalue weighted by Crippen LogP contribution is -2.44. The molecule has 2 aliphatic rings. The van der Waals surface area contributed by atoms with Gasteiger partial charge in [0.05, 0.1) is 25.2 Å². The van der Waals surface area contributed by atoms with Gasteiger partial charge >= 0.3 is 0 Å². The van der Waals surface area contributed by atoms with Gasteiger partial charge in [-0.25, -0.2) is 9.97 Å². The number of likely N-dealkylation sites (tertiary alicyclic amines) is 1. The Balaban J connectivity index is 1.39. The summed E-state index contributed by atoms with van der Waals surface area (Å²) in [7, 11) is 3.78. The maximum Gasteiger partial charge on any atom is 0.270 e. The Labute approximate surface area is 221 Å². The second-order valence-corrected chi connectivity index (χ2v) is 9.91. The van der Waals surface area contributed by atoms with E-state index in [4.69, 9.17) is 4.74 Å². The van der Waals surface area contributed by atoms with Crippen LogP contribution >= 0.6 is 0 Å². The Morgan fingerprint density at radius 2 is 2.00 bits per heavy atom. The number of carbonyl (C=O) groups is 1. The lowest BCUT2D eigenvalue weighted by atomic mass is 9.97. The number of hydrogen-bond acceptors (Lipinski definition) is 9. The van der Waals surface area contributed by atoms with Crippen molar-refractivity contribution in [2.24, 2.45) is 5.92 Å². The van der Waals surface area contributed by atoms with E-state index in [1.54, 1.807) is 22.8 Å². The summed E-state index contributed by atoms with van der Waals surface area (Å²) < 4.78 is 7.31. The Morgan fingerprint density at radius 3 is 2.76 bits per heavy atom. The lowest BCUT2D eigenvalue weighted by Gasteiger charge is -2.34. The fraction of sp³-hybridized carbons (Fsp3) is 0.444. The number of nitrogens with one attached hydrogen (secondary N) is 1. The summed E-state index contributed by atoms with van der Waals surface area (Å²) in [5, 5.41) is 3.25. The molecule has 38 heavy (non-hydrogen) atoms. The maximum absolute atomic E-state index is 12.9. The van der Waals surface area contributed by atoms with Gasteiger partial charge in [-0.05, 0) is 44.0 Å². The number of piperazine rings is 1. The molecule has 2 saturated heterocycles. The Hall–Kier alpha value is -3.99. The van der Waals surface area contributed by atoms with Crippen molar-refractivity contribution in [2.75, 3.05) is 63.6 Å². The largest absolute Gasteiger partial charge is 0.494 e. The molecule has 5 rings (SSSR count). The van der Waals surface area contributed by atoms with Crippen LogP contribution in [0, 0.1) is 5.92 Å². The maximum atomic E-state index is 12.9. The molecular weight excluding hydrogens is 484 g/mol. The molecule has 0 radical (unpaired) electrons. The molecule has 0 aliphatic carbocycles. The van der Waals surface area contributed by atoms with Gasteiger partial charge in [-0.1, -0.05) is 6.58 Å². The van der Waals surface area contributed by atoms with Crippen LogP contribution in [0.3, 0.4) is 0 Å². The first-order valence-corrected chi connectivity index (χ1v) is 13.0. The molecular formula is C27H34N8O3. The van der Waals surface area contributed by atoms with Crippen LogP contribution in [0.1, 0.15) is 12.8 Å². The van der Waals surface area contributed by atoms with Crippen molar-refractivity contribution >= 4 is 34.4 Å². The number of ether oxygens (including phenoxy) is 1. The fourth-order valence-electron chi connectivity index (χ4n) is 5.16. The minimum atomic E-state index is -0.233. The summed E-state index contributed by atoms with van der Waals surface area (Å²) >= 11 is 0. The quantitative estimate of drug-likeness (QED) is 0.471. The number of amides is 1. The fourth-order valence-corrected chi connectivity index (χ4v) is 5.16. The number of methoxy groups -OCH3 is 1. The van der Waals surface area contributed by atoms with E-state index in [0.717, 1.165) is 50.4 Å². The molecule has 1 amide bonds. The minimum absolute atomic E-state index is 0.0805. The summed E-state index contributed by atoms with van der Waals surface area (Å²) in [6.45, 7) is 9.29. The third-order valence-corrected chi connectivity index (χ3v) is 7.33. The van der Waals surface area contributed by atoms with Crippen LogP contribution in [0.4, 0.5) is 17.3 Å². The Morgan fingerprint density at radius 1 is 1.18 bits per heavy atom. The standard InChI is InChI=1S/C27H34N8O3/c1-4-24(36)34-9-5-6-19(17-34)18-35-25(37)16-28-22-15-29-27(31-26(22)35)30-21-8-7-20(14-23(21)38-3)33-12-10-32(2)11-13-33/h4,7-8,14-16,19H,1,5-6,9-13,17-18H2,2-3H3,(H,29,30,31)/t19-/m0/s1. The zero-order valence-corrected chi connectivity index (χ0v) is 22.0. The number of nitrogens with zero attached hydrogens (tertiary/aromatic N) is 7. The van der Waals surface area contributed by atoms with E-state index in [2.05, 4.69) is 49.8 Å². The average molecular weight is 519 g/mol. The molecule has 1 aromatic carbocycles. The van der Waals surface area contributed by atoms with E-state index in [1.165, 1.54) is 12.3 Å². The molecule has 2 aromatic heterocycles. The summed E-state index contributed by atoms with van der Waals surface area (Å²) in [6, 6.07) is 6.04. The van der Waals surface area contributed by atoms with Crippen molar-refractivity contribution in [3.05, 3.63) is 53.6 Å². The van der Waals surface area contributed by atoms with Crippen molar-refractivity contribution in [2.45, 2.75) is 19.4 Å². The van der Waals surface area contributed by atoms with Crippen LogP contribution in [0.25, 0.3) is 11.2 Å². The number of aromatic nitrogens is 4. The van der Waals surface area contributed by atoms with Crippen molar-refractivity contribution in [1.29, 1.82) is 0 Å². The number of hydrogen-bond donors (Lipinski definition) is 1.